The molecule has 1 aliphatic heterocycles. The molecule has 1 saturated heterocycles. The first kappa shape index (κ1) is 8.93. The second-order valence-corrected chi connectivity index (χ2v) is 2.71. The summed E-state index contributed by atoms with van der Waals surface area (Å²) < 4.78 is 4.94. The van der Waals surface area contributed by atoms with E-state index in [9.17, 15) is 10.2 Å². The minimum atomic E-state index is -0.980. The SMILES string of the molecule is [CH2]CC(O)[C@H]1OC[C@@H](O)[C@@H]1O. The molecular weight excluding hydrogens is 148 g/mol. The van der Waals surface area contributed by atoms with Crippen molar-refractivity contribution in [2.75, 3.05) is 6.61 Å². The van der Waals surface area contributed by atoms with Gasteiger partial charge in [-0.05, 0) is 6.42 Å². The highest BCUT2D eigenvalue weighted by atomic mass is 16.5. The van der Waals surface area contributed by atoms with Gasteiger partial charge in [-0.15, -0.1) is 0 Å². The average molecular weight is 161 g/mol. The summed E-state index contributed by atoms with van der Waals surface area (Å²) in [6.45, 7) is 3.55. The molecule has 65 valence electrons. The fraction of sp³-hybridized carbons (Fsp3) is 0.857. The number of ether oxygens (including phenoxy) is 1. The Morgan fingerprint density at radius 3 is 2.55 bits per heavy atom. The van der Waals surface area contributed by atoms with E-state index in [4.69, 9.17) is 9.84 Å². The van der Waals surface area contributed by atoms with Crippen molar-refractivity contribution in [2.45, 2.75) is 30.8 Å². The third-order valence-corrected chi connectivity index (χ3v) is 1.87. The van der Waals surface area contributed by atoms with Crippen LogP contribution in [-0.2, 0) is 4.74 Å². The van der Waals surface area contributed by atoms with Gasteiger partial charge in [0.1, 0.15) is 18.3 Å². The third kappa shape index (κ3) is 1.70. The van der Waals surface area contributed by atoms with Gasteiger partial charge in [0.25, 0.3) is 0 Å². The van der Waals surface area contributed by atoms with E-state index in [0.29, 0.717) is 0 Å². The second-order valence-electron chi connectivity index (χ2n) is 2.71. The molecule has 1 unspecified atom stereocenters. The molecular formula is C7H13O4. The highest BCUT2D eigenvalue weighted by Crippen LogP contribution is 2.18. The van der Waals surface area contributed by atoms with Gasteiger partial charge in [-0.1, -0.05) is 6.92 Å². The highest BCUT2D eigenvalue weighted by molar-refractivity contribution is 4.87. The van der Waals surface area contributed by atoms with E-state index in [0.717, 1.165) is 0 Å². The highest BCUT2D eigenvalue weighted by Gasteiger charge is 2.38. The van der Waals surface area contributed by atoms with Crippen molar-refractivity contribution in [1.29, 1.82) is 0 Å². The minimum absolute atomic E-state index is 0.0862. The number of aliphatic hydroxyl groups is 3. The van der Waals surface area contributed by atoms with Gasteiger partial charge in [-0.2, -0.15) is 0 Å². The minimum Gasteiger partial charge on any atom is -0.390 e. The predicted octanol–water partition coefficient (Wildman–Crippen LogP) is -1.31. The molecule has 11 heavy (non-hydrogen) atoms. The maximum atomic E-state index is 9.20. The molecule has 1 aliphatic rings. The molecule has 3 N–H and O–H groups in total. The molecule has 0 aliphatic carbocycles. The summed E-state index contributed by atoms with van der Waals surface area (Å²) in [6, 6.07) is 0. The number of aliphatic hydroxyl groups excluding tert-OH is 3. The molecule has 0 aromatic heterocycles. The molecule has 1 radical (unpaired) electrons. The van der Waals surface area contributed by atoms with Gasteiger partial charge in [0.2, 0.25) is 0 Å². The van der Waals surface area contributed by atoms with Gasteiger partial charge < -0.3 is 20.1 Å². The zero-order valence-corrected chi connectivity index (χ0v) is 6.18. The maximum absolute atomic E-state index is 9.20. The van der Waals surface area contributed by atoms with E-state index in [1.165, 1.54) is 0 Å². The Kier molecular flexibility index (Phi) is 2.84. The van der Waals surface area contributed by atoms with Crippen molar-refractivity contribution in [3.05, 3.63) is 6.92 Å². The van der Waals surface area contributed by atoms with Crippen LogP contribution < -0.4 is 0 Å². The van der Waals surface area contributed by atoms with E-state index >= 15 is 0 Å². The Bertz CT molecular complexity index is 128. The first-order valence-corrected chi connectivity index (χ1v) is 3.62. The molecule has 0 aromatic carbocycles. The summed E-state index contributed by atoms with van der Waals surface area (Å²) in [6.07, 6.45) is -3.05. The van der Waals surface area contributed by atoms with Crippen LogP contribution in [0.1, 0.15) is 6.42 Å². The van der Waals surface area contributed by atoms with Crippen molar-refractivity contribution < 1.29 is 20.1 Å². The molecule has 0 saturated carbocycles. The number of hydrogen-bond donors (Lipinski definition) is 3. The van der Waals surface area contributed by atoms with E-state index in [2.05, 4.69) is 6.92 Å². The first-order chi connectivity index (χ1) is 5.16. The molecule has 1 fully saturated rings. The predicted molar refractivity (Wildman–Crippen MR) is 37.7 cm³/mol. The van der Waals surface area contributed by atoms with Crippen molar-refractivity contribution >= 4 is 0 Å². The van der Waals surface area contributed by atoms with Gasteiger partial charge in [-0.25, -0.2) is 0 Å². The van der Waals surface area contributed by atoms with Gasteiger partial charge in [0.15, 0.2) is 0 Å². The largest absolute Gasteiger partial charge is 0.390 e. The van der Waals surface area contributed by atoms with Crippen LogP contribution in [0, 0.1) is 6.92 Å². The van der Waals surface area contributed by atoms with Gasteiger partial charge in [0, 0.05) is 0 Å². The monoisotopic (exact) mass is 161 g/mol. The number of hydrogen-bond acceptors (Lipinski definition) is 4. The Hall–Kier alpha value is -0.160. The average Bonchev–Trinajstić information content (AvgIpc) is 2.32. The van der Waals surface area contributed by atoms with Gasteiger partial charge in [-0.3, -0.25) is 0 Å². The molecule has 1 heterocycles. The lowest BCUT2D eigenvalue weighted by atomic mass is 10.0. The van der Waals surface area contributed by atoms with Crippen molar-refractivity contribution in [3.8, 4) is 0 Å². The van der Waals surface area contributed by atoms with E-state index in [1.54, 1.807) is 0 Å². The standard InChI is InChI=1S/C7H13O4/c1-2-4(8)7-6(10)5(9)3-11-7/h4-10H,1-3H2/t4?,5-,6+,7-/m1/s1. The molecule has 1 rings (SSSR count). The van der Waals surface area contributed by atoms with Crippen molar-refractivity contribution in [1.82, 2.24) is 0 Å². The lowest BCUT2D eigenvalue weighted by Crippen LogP contribution is -2.38. The fourth-order valence-electron chi connectivity index (χ4n) is 1.13. The van der Waals surface area contributed by atoms with Crippen LogP contribution >= 0.6 is 0 Å². The zero-order valence-electron chi connectivity index (χ0n) is 6.18. The van der Waals surface area contributed by atoms with Crippen molar-refractivity contribution in [3.63, 3.8) is 0 Å². The van der Waals surface area contributed by atoms with E-state index in [-0.39, 0.29) is 13.0 Å². The molecule has 0 bridgehead atoms. The van der Waals surface area contributed by atoms with Gasteiger partial charge in [0.05, 0.1) is 12.7 Å². The van der Waals surface area contributed by atoms with E-state index in [1.807, 2.05) is 0 Å². The van der Waals surface area contributed by atoms with Crippen LogP contribution in [0.25, 0.3) is 0 Å². The molecule has 4 heteroatoms. The lowest BCUT2D eigenvalue weighted by molar-refractivity contribution is -0.0491. The Morgan fingerprint density at radius 1 is 1.55 bits per heavy atom. The second kappa shape index (κ2) is 3.49. The van der Waals surface area contributed by atoms with Crippen LogP contribution in [0.2, 0.25) is 0 Å². The molecule has 0 aromatic rings. The first-order valence-electron chi connectivity index (χ1n) is 3.62. The summed E-state index contributed by atoms with van der Waals surface area (Å²) in [5, 5.41) is 27.4. The molecule has 0 spiro atoms. The summed E-state index contributed by atoms with van der Waals surface area (Å²) in [5.74, 6) is 0. The van der Waals surface area contributed by atoms with Crippen molar-refractivity contribution in [2.24, 2.45) is 0 Å². The Balaban J connectivity index is 2.47. The summed E-state index contributed by atoms with van der Waals surface area (Å²) >= 11 is 0. The fourth-order valence-corrected chi connectivity index (χ4v) is 1.13. The molecule has 4 atom stereocenters. The smallest absolute Gasteiger partial charge is 0.112 e. The quantitative estimate of drug-likeness (QED) is 0.470. The normalized spacial score (nSPS) is 40.9. The summed E-state index contributed by atoms with van der Waals surface area (Å²) in [5.41, 5.74) is 0. The zero-order chi connectivity index (χ0) is 8.43. The maximum Gasteiger partial charge on any atom is 0.112 e. The Morgan fingerprint density at radius 2 is 2.18 bits per heavy atom. The van der Waals surface area contributed by atoms with Crippen LogP contribution in [0.4, 0.5) is 0 Å². The van der Waals surface area contributed by atoms with Crippen LogP contribution in [-0.4, -0.2) is 46.3 Å². The van der Waals surface area contributed by atoms with Crippen LogP contribution in [0.3, 0.4) is 0 Å². The van der Waals surface area contributed by atoms with Crippen LogP contribution in [0.15, 0.2) is 0 Å². The summed E-state index contributed by atoms with van der Waals surface area (Å²) in [4.78, 5) is 0. The lowest BCUT2D eigenvalue weighted by Gasteiger charge is -2.19. The summed E-state index contributed by atoms with van der Waals surface area (Å²) in [7, 11) is 0. The number of rotatable bonds is 2. The Labute approximate surface area is 65.4 Å². The van der Waals surface area contributed by atoms with E-state index < -0.39 is 24.4 Å². The molecule has 0 amide bonds. The van der Waals surface area contributed by atoms with Gasteiger partial charge >= 0.3 is 0 Å². The topological polar surface area (TPSA) is 69.9 Å². The molecule has 4 nitrogen and oxygen atoms in total. The third-order valence-electron chi connectivity index (χ3n) is 1.87. The van der Waals surface area contributed by atoms with Crippen LogP contribution in [0.5, 0.6) is 0 Å².